The normalized spacial score (nSPS) is 24.3. The predicted octanol–water partition coefficient (Wildman–Crippen LogP) is -0.224. The molecule has 4 heteroatoms. The van der Waals surface area contributed by atoms with E-state index in [1.807, 2.05) is 0 Å². The van der Waals surface area contributed by atoms with Crippen LogP contribution < -0.4 is 5.32 Å². The summed E-state index contributed by atoms with van der Waals surface area (Å²) in [6.07, 6.45) is 0.801. The third-order valence-corrected chi connectivity index (χ3v) is 1.99. The van der Waals surface area contributed by atoms with Crippen molar-refractivity contribution in [3.63, 3.8) is 0 Å². The number of carbonyl (C=O) groups is 1. The average molecular weight is 160 g/mol. The number of halogens is 1. The predicted molar refractivity (Wildman–Crippen MR) is 40.0 cm³/mol. The molecule has 3 nitrogen and oxygen atoms in total. The zero-order chi connectivity index (χ0) is 8.27. The van der Waals surface area contributed by atoms with Crippen LogP contribution in [0.15, 0.2) is 0 Å². The van der Waals surface area contributed by atoms with Crippen LogP contribution in [0.1, 0.15) is 6.42 Å². The minimum Gasteiger partial charge on any atom is -0.355 e. The van der Waals surface area contributed by atoms with E-state index in [0.717, 1.165) is 13.0 Å². The Morgan fingerprint density at radius 1 is 1.82 bits per heavy atom. The van der Waals surface area contributed by atoms with Gasteiger partial charge in [0.25, 0.3) is 0 Å². The molecule has 0 aliphatic carbocycles. The summed E-state index contributed by atoms with van der Waals surface area (Å²) in [4.78, 5) is 12.8. The van der Waals surface area contributed by atoms with Crippen molar-refractivity contribution in [2.24, 2.45) is 0 Å². The van der Waals surface area contributed by atoms with Gasteiger partial charge in [0.2, 0.25) is 5.91 Å². The summed E-state index contributed by atoms with van der Waals surface area (Å²) in [5, 5.41) is 2.71. The van der Waals surface area contributed by atoms with E-state index in [9.17, 15) is 9.18 Å². The zero-order valence-corrected chi connectivity index (χ0v) is 6.64. The Morgan fingerprint density at radius 2 is 2.55 bits per heavy atom. The average Bonchev–Trinajstić information content (AvgIpc) is 2.36. The van der Waals surface area contributed by atoms with E-state index >= 15 is 0 Å². The van der Waals surface area contributed by atoms with E-state index in [2.05, 4.69) is 5.32 Å². The third kappa shape index (κ3) is 1.89. The molecule has 0 aromatic carbocycles. The van der Waals surface area contributed by atoms with Crippen molar-refractivity contribution >= 4 is 5.91 Å². The molecule has 1 fully saturated rings. The van der Waals surface area contributed by atoms with Crippen LogP contribution in [0.3, 0.4) is 0 Å². The molecule has 1 heterocycles. The highest BCUT2D eigenvalue weighted by atomic mass is 19.1. The SMILES string of the molecule is CN(CCF)C1CCNC1=O. The van der Waals surface area contributed by atoms with Crippen molar-refractivity contribution in [1.29, 1.82) is 0 Å². The molecule has 1 N–H and O–H groups in total. The Hall–Kier alpha value is -0.640. The van der Waals surface area contributed by atoms with E-state index in [0.29, 0.717) is 6.54 Å². The fourth-order valence-corrected chi connectivity index (χ4v) is 1.29. The lowest BCUT2D eigenvalue weighted by atomic mass is 10.2. The second-order valence-electron chi connectivity index (χ2n) is 2.77. The van der Waals surface area contributed by atoms with Gasteiger partial charge in [0.05, 0.1) is 6.04 Å². The number of amides is 1. The van der Waals surface area contributed by atoms with Gasteiger partial charge in [-0.05, 0) is 13.5 Å². The first-order chi connectivity index (χ1) is 5.25. The molecule has 0 bridgehead atoms. The lowest BCUT2D eigenvalue weighted by Crippen LogP contribution is -2.38. The van der Waals surface area contributed by atoms with Gasteiger partial charge >= 0.3 is 0 Å². The number of hydrogen-bond acceptors (Lipinski definition) is 2. The maximum Gasteiger partial charge on any atom is 0.237 e. The first-order valence-electron chi connectivity index (χ1n) is 3.79. The summed E-state index contributed by atoms with van der Waals surface area (Å²) in [5.41, 5.74) is 0. The Labute approximate surface area is 65.6 Å². The molecule has 0 spiro atoms. The smallest absolute Gasteiger partial charge is 0.237 e. The number of rotatable bonds is 3. The molecule has 1 amide bonds. The fraction of sp³-hybridized carbons (Fsp3) is 0.857. The molecule has 1 saturated heterocycles. The number of nitrogens with one attached hydrogen (secondary N) is 1. The zero-order valence-electron chi connectivity index (χ0n) is 6.64. The van der Waals surface area contributed by atoms with Gasteiger partial charge in [0, 0.05) is 13.1 Å². The highest BCUT2D eigenvalue weighted by Crippen LogP contribution is 2.06. The van der Waals surface area contributed by atoms with Crippen LogP contribution >= 0.6 is 0 Å². The molecule has 1 unspecified atom stereocenters. The molecular weight excluding hydrogens is 147 g/mol. The van der Waals surface area contributed by atoms with Crippen LogP contribution in [0.4, 0.5) is 4.39 Å². The van der Waals surface area contributed by atoms with Gasteiger partial charge in [-0.25, -0.2) is 4.39 Å². The van der Waals surface area contributed by atoms with Crippen LogP contribution in [0.5, 0.6) is 0 Å². The molecule has 0 aromatic rings. The number of likely N-dealkylation sites (N-methyl/N-ethyl adjacent to an activating group) is 1. The number of carbonyl (C=O) groups excluding carboxylic acids is 1. The largest absolute Gasteiger partial charge is 0.355 e. The van der Waals surface area contributed by atoms with E-state index in [1.165, 1.54) is 0 Å². The van der Waals surface area contributed by atoms with Gasteiger partial charge in [-0.2, -0.15) is 0 Å². The van der Waals surface area contributed by atoms with Crippen molar-refractivity contribution < 1.29 is 9.18 Å². The number of hydrogen-bond donors (Lipinski definition) is 1. The number of nitrogens with zero attached hydrogens (tertiary/aromatic N) is 1. The second kappa shape index (κ2) is 3.67. The van der Waals surface area contributed by atoms with E-state index in [1.54, 1.807) is 11.9 Å². The Morgan fingerprint density at radius 3 is 3.00 bits per heavy atom. The lowest BCUT2D eigenvalue weighted by molar-refractivity contribution is -0.123. The molecule has 1 rings (SSSR count). The molecule has 0 aromatic heterocycles. The van der Waals surface area contributed by atoms with E-state index in [-0.39, 0.29) is 18.6 Å². The van der Waals surface area contributed by atoms with Gasteiger partial charge in [0.15, 0.2) is 0 Å². The summed E-state index contributed by atoms with van der Waals surface area (Å²) < 4.78 is 11.9. The maximum absolute atomic E-state index is 11.9. The molecule has 0 radical (unpaired) electrons. The summed E-state index contributed by atoms with van der Waals surface area (Å²) >= 11 is 0. The summed E-state index contributed by atoms with van der Waals surface area (Å²) in [7, 11) is 1.77. The summed E-state index contributed by atoms with van der Waals surface area (Å²) in [6.45, 7) is 0.679. The van der Waals surface area contributed by atoms with Gasteiger partial charge in [0.1, 0.15) is 6.67 Å². The topological polar surface area (TPSA) is 32.3 Å². The molecule has 1 aliphatic heterocycles. The maximum atomic E-state index is 11.9. The van der Waals surface area contributed by atoms with Gasteiger partial charge in [-0.1, -0.05) is 0 Å². The second-order valence-corrected chi connectivity index (χ2v) is 2.77. The van der Waals surface area contributed by atoms with Crippen LogP contribution in [0, 0.1) is 0 Å². The molecule has 11 heavy (non-hydrogen) atoms. The standard InChI is InChI=1S/C7H13FN2O/c1-10(5-3-8)6-2-4-9-7(6)11/h6H,2-5H2,1H3,(H,9,11). The van der Waals surface area contributed by atoms with Crippen LogP contribution in [-0.2, 0) is 4.79 Å². The molecule has 1 atom stereocenters. The van der Waals surface area contributed by atoms with E-state index in [4.69, 9.17) is 0 Å². The van der Waals surface area contributed by atoms with Gasteiger partial charge in [-0.3, -0.25) is 9.69 Å². The third-order valence-electron chi connectivity index (χ3n) is 1.99. The minimum atomic E-state index is -0.389. The van der Waals surface area contributed by atoms with Crippen molar-refractivity contribution in [2.75, 3.05) is 26.8 Å². The highest BCUT2D eigenvalue weighted by molar-refractivity contribution is 5.83. The molecular formula is C7H13FN2O. The first kappa shape index (κ1) is 8.46. The molecule has 0 saturated carbocycles. The quantitative estimate of drug-likeness (QED) is 0.619. The van der Waals surface area contributed by atoms with Gasteiger partial charge < -0.3 is 5.32 Å². The Kier molecular flexibility index (Phi) is 2.82. The van der Waals surface area contributed by atoms with Crippen molar-refractivity contribution in [3.8, 4) is 0 Å². The summed E-state index contributed by atoms with van der Waals surface area (Å²) in [5.74, 6) is 0.0287. The van der Waals surface area contributed by atoms with E-state index < -0.39 is 0 Å². The Balaban J connectivity index is 2.39. The Bertz CT molecular complexity index is 151. The van der Waals surface area contributed by atoms with Crippen LogP contribution in [0.2, 0.25) is 0 Å². The van der Waals surface area contributed by atoms with Crippen LogP contribution in [-0.4, -0.2) is 43.7 Å². The van der Waals surface area contributed by atoms with Crippen molar-refractivity contribution in [2.45, 2.75) is 12.5 Å². The van der Waals surface area contributed by atoms with Crippen molar-refractivity contribution in [1.82, 2.24) is 10.2 Å². The van der Waals surface area contributed by atoms with Crippen LogP contribution in [0.25, 0.3) is 0 Å². The van der Waals surface area contributed by atoms with Gasteiger partial charge in [-0.15, -0.1) is 0 Å². The summed E-state index contributed by atoms with van der Waals surface area (Å²) in [6, 6.07) is -0.106. The highest BCUT2D eigenvalue weighted by Gasteiger charge is 2.27. The monoisotopic (exact) mass is 160 g/mol. The fourth-order valence-electron chi connectivity index (χ4n) is 1.29. The number of alkyl halides is 1. The first-order valence-corrected chi connectivity index (χ1v) is 3.79. The molecule has 64 valence electrons. The molecule has 1 aliphatic rings. The minimum absolute atomic E-state index is 0.0287. The van der Waals surface area contributed by atoms with Crippen molar-refractivity contribution in [3.05, 3.63) is 0 Å². The lowest BCUT2D eigenvalue weighted by Gasteiger charge is -2.19.